The van der Waals surface area contributed by atoms with E-state index in [0.29, 0.717) is 27.7 Å². The molecule has 0 aromatic heterocycles. The van der Waals surface area contributed by atoms with Crippen LogP contribution >= 0.6 is 34.4 Å². The molecule has 1 heterocycles. The number of benzene rings is 3. The van der Waals surface area contributed by atoms with E-state index < -0.39 is 0 Å². The fraction of sp³-hybridized carbons (Fsp3) is 0.148. The third-order valence-corrected chi connectivity index (χ3v) is 6.90. The molecule has 1 fully saturated rings. The number of imide groups is 1. The van der Waals surface area contributed by atoms with Gasteiger partial charge in [0.1, 0.15) is 0 Å². The van der Waals surface area contributed by atoms with Crippen LogP contribution in [0.15, 0.2) is 71.6 Å². The predicted molar refractivity (Wildman–Crippen MR) is 149 cm³/mol. The second kappa shape index (κ2) is 11.6. The summed E-state index contributed by atoms with van der Waals surface area (Å²) < 4.78 is 12.2. The Morgan fingerprint density at radius 1 is 1.06 bits per heavy atom. The molecule has 0 radical (unpaired) electrons. The monoisotopic (exact) mass is 614 g/mol. The maximum absolute atomic E-state index is 12.9. The van der Waals surface area contributed by atoms with Crippen molar-refractivity contribution in [1.29, 1.82) is 0 Å². The number of carbonyl (C=O) groups excluding carboxylic acids is 3. The van der Waals surface area contributed by atoms with Crippen molar-refractivity contribution in [3.8, 4) is 11.5 Å². The molecule has 1 aliphatic heterocycles. The number of thioether (sulfide) groups is 1. The van der Waals surface area contributed by atoms with Gasteiger partial charge in [0, 0.05) is 9.26 Å². The van der Waals surface area contributed by atoms with Crippen LogP contribution in [-0.2, 0) is 16.1 Å². The van der Waals surface area contributed by atoms with Crippen LogP contribution < -0.4 is 14.8 Å². The van der Waals surface area contributed by atoms with Gasteiger partial charge in [-0.3, -0.25) is 19.3 Å². The second-order valence-corrected chi connectivity index (χ2v) is 10.2. The minimum absolute atomic E-state index is 0.193. The largest absolute Gasteiger partial charge is 0.493 e. The summed E-state index contributed by atoms with van der Waals surface area (Å²) >= 11 is 3.11. The van der Waals surface area contributed by atoms with Crippen LogP contribution in [0.2, 0.25) is 0 Å². The SMILES string of the molecule is COc1cc(/C=C2/SC(=O)N(Cc3ccc(I)cc3)C2=O)ccc1OCC(=O)Nc1cccc(C)c1. The standard InChI is InChI=1S/C27H23IN2O5S/c1-17-4-3-5-21(12-17)29-25(31)16-35-22-11-8-19(13-23(22)34-2)14-24-26(32)30(27(33)36-24)15-18-6-9-20(28)10-7-18/h3-14H,15-16H2,1-2H3,(H,29,31)/b24-14+. The number of amides is 3. The van der Waals surface area contributed by atoms with Crippen molar-refractivity contribution < 1.29 is 23.9 Å². The molecule has 1 aliphatic rings. The lowest BCUT2D eigenvalue weighted by atomic mass is 10.1. The number of carbonyl (C=O) groups is 3. The number of hydrogen-bond acceptors (Lipinski definition) is 6. The molecule has 0 aliphatic carbocycles. The summed E-state index contributed by atoms with van der Waals surface area (Å²) in [7, 11) is 1.49. The molecule has 3 aromatic carbocycles. The first-order chi connectivity index (χ1) is 17.3. The quantitative estimate of drug-likeness (QED) is 0.253. The number of anilines is 1. The van der Waals surface area contributed by atoms with Gasteiger partial charge in [0.15, 0.2) is 18.1 Å². The number of halogens is 1. The van der Waals surface area contributed by atoms with Crippen molar-refractivity contribution >= 4 is 63.2 Å². The molecule has 0 unspecified atom stereocenters. The van der Waals surface area contributed by atoms with Crippen LogP contribution in [0, 0.1) is 10.5 Å². The fourth-order valence-corrected chi connectivity index (χ4v) is 4.71. The minimum Gasteiger partial charge on any atom is -0.493 e. The number of nitrogens with one attached hydrogen (secondary N) is 1. The summed E-state index contributed by atoms with van der Waals surface area (Å²) in [6.45, 7) is 1.98. The van der Waals surface area contributed by atoms with Crippen LogP contribution in [0.5, 0.6) is 11.5 Å². The number of ether oxygens (including phenoxy) is 2. The van der Waals surface area contributed by atoms with Gasteiger partial charge in [-0.1, -0.05) is 30.3 Å². The summed E-state index contributed by atoms with van der Waals surface area (Å²) in [6, 6.07) is 20.3. The van der Waals surface area contributed by atoms with Crippen molar-refractivity contribution in [3.05, 3.63) is 91.9 Å². The third-order valence-electron chi connectivity index (χ3n) is 5.27. The fourth-order valence-electron chi connectivity index (χ4n) is 3.52. The zero-order valence-electron chi connectivity index (χ0n) is 19.6. The van der Waals surface area contributed by atoms with Gasteiger partial charge in [0.05, 0.1) is 18.6 Å². The van der Waals surface area contributed by atoms with Crippen molar-refractivity contribution in [2.45, 2.75) is 13.5 Å². The molecule has 36 heavy (non-hydrogen) atoms. The molecule has 1 N–H and O–H groups in total. The Labute approximate surface area is 227 Å². The Bertz CT molecular complexity index is 1340. The number of aryl methyl sites for hydroxylation is 1. The van der Waals surface area contributed by atoms with Crippen LogP contribution in [0.1, 0.15) is 16.7 Å². The van der Waals surface area contributed by atoms with Gasteiger partial charge in [0.25, 0.3) is 17.1 Å². The molecule has 1 saturated heterocycles. The normalized spacial score (nSPS) is 14.3. The molecule has 3 amide bonds. The Balaban J connectivity index is 1.41. The van der Waals surface area contributed by atoms with Crippen molar-refractivity contribution in [2.24, 2.45) is 0 Å². The van der Waals surface area contributed by atoms with Gasteiger partial charge >= 0.3 is 0 Å². The molecule has 0 saturated carbocycles. The van der Waals surface area contributed by atoms with E-state index in [-0.39, 0.29) is 30.2 Å². The molecule has 4 rings (SSSR count). The first-order valence-corrected chi connectivity index (χ1v) is 12.9. The highest BCUT2D eigenvalue weighted by atomic mass is 127. The smallest absolute Gasteiger partial charge is 0.293 e. The molecule has 7 nitrogen and oxygen atoms in total. The summed E-state index contributed by atoms with van der Waals surface area (Å²) in [5.74, 6) is 0.162. The number of nitrogens with zero attached hydrogens (tertiary/aromatic N) is 1. The molecular weight excluding hydrogens is 591 g/mol. The summed E-state index contributed by atoms with van der Waals surface area (Å²) in [5.41, 5.74) is 3.29. The lowest BCUT2D eigenvalue weighted by molar-refractivity contribution is -0.123. The van der Waals surface area contributed by atoms with Crippen molar-refractivity contribution in [1.82, 2.24) is 4.90 Å². The average Bonchev–Trinajstić information content (AvgIpc) is 3.11. The highest BCUT2D eigenvalue weighted by Crippen LogP contribution is 2.35. The van der Waals surface area contributed by atoms with E-state index in [0.717, 1.165) is 26.5 Å². The molecule has 0 atom stereocenters. The first kappa shape index (κ1) is 25.8. The zero-order chi connectivity index (χ0) is 25.7. The van der Waals surface area contributed by atoms with Crippen LogP contribution in [-0.4, -0.2) is 35.7 Å². The van der Waals surface area contributed by atoms with E-state index in [9.17, 15) is 14.4 Å². The lowest BCUT2D eigenvalue weighted by Crippen LogP contribution is -2.27. The van der Waals surface area contributed by atoms with Crippen LogP contribution in [0.4, 0.5) is 10.5 Å². The topological polar surface area (TPSA) is 84.9 Å². The highest BCUT2D eigenvalue weighted by molar-refractivity contribution is 14.1. The van der Waals surface area contributed by atoms with Gasteiger partial charge in [-0.25, -0.2) is 0 Å². The number of rotatable bonds is 8. The maximum atomic E-state index is 12.9. The summed E-state index contributed by atoms with van der Waals surface area (Å²) in [6.07, 6.45) is 1.65. The van der Waals surface area contributed by atoms with Gasteiger partial charge in [-0.2, -0.15) is 0 Å². The Morgan fingerprint density at radius 2 is 1.83 bits per heavy atom. The van der Waals surface area contributed by atoms with E-state index in [1.807, 2.05) is 55.5 Å². The lowest BCUT2D eigenvalue weighted by Gasteiger charge is -2.13. The first-order valence-electron chi connectivity index (χ1n) is 11.0. The van der Waals surface area contributed by atoms with E-state index in [1.54, 1.807) is 24.3 Å². The Hall–Kier alpha value is -3.31. The Morgan fingerprint density at radius 3 is 2.56 bits per heavy atom. The molecule has 9 heteroatoms. The number of methoxy groups -OCH3 is 1. The minimum atomic E-state index is -0.337. The zero-order valence-corrected chi connectivity index (χ0v) is 22.6. The van der Waals surface area contributed by atoms with Gasteiger partial charge in [-0.15, -0.1) is 0 Å². The molecule has 0 bridgehead atoms. The predicted octanol–water partition coefficient (Wildman–Crippen LogP) is 5.86. The van der Waals surface area contributed by atoms with Gasteiger partial charge < -0.3 is 14.8 Å². The molecule has 0 spiro atoms. The molecule has 184 valence electrons. The van der Waals surface area contributed by atoms with E-state index in [1.165, 1.54) is 12.0 Å². The van der Waals surface area contributed by atoms with Crippen LogP contribution in [0.25, 0.3) is 6.08 Å². The van der Waals surface area contributed by atoms with Crippen molar-refractivity contribution in [2.75, 3.05) is 19.0 Å². The van der Waals surface area contributed by atoms with Gasteiger partial charge in [0.2, 0.25) is 0 Å². The van der Waals surface area contributed by atoms with E-state index in [4.69, 9.17) is 9.47 Å². The molecule has 3 aromatic rings. The second-order valence-electron chi connectivity index (χ2n) is 8.01. The third kappa shape index (κ3) is 6.46. The van der Waals surface area contributed by atoms with E-state index >= 15 is 0 Å². The Kier molecular flexibility index (Phi) is 8.32. The average molecular weight is 614 g/mol. The maximum Gasteiger partial charge on any atom is 0.293 e. The summed E-state index contributed by atoms with van der Waals surface area (Å²) in [4.78, 5) is 39.2. The molecular formula is C27H23IN2O5S. The summed E-state index contributed by atoms with van der Waals surface area (Å²) in [5, 5.41) is 2.48. The van der Waals surface area contributed by atoms with Gasteiger partial charge in [-0.05, 0) is 100 Å². The highest BCUT2D eigenvalue weighted by Gasteiger charge is 2.35. The van der Waals surface area contributed by atoms with Crippen LogP contribution in [0.3, 0.4) is 0 Å². The number of hydrogen-bond donors (Lipinski definition) is 1. The van der Waals surface area contributed by atoms with E-state index in [2.05, 4.69) is 27.9 Å². The van der Waals surface area contributed by atoms with Crippen molar-refractivity contribution in [3.63, 3.8) is 0 Å².